The molecule has 0 heterocycles. The molecule has 2 aromatic rings. The standard InChI is InChI=1S/C14H13NO5S/c1-15-21(18,19)11-8-6-10(7-9-11)20-13-5-3-2-4-12(13)14(16)17/h2-9,15H,1H3,(H,16,17). The van der Waals surface area contributed by atoms with Crippen LogP contribution in [0.5, 0.6) is 11.5 Å². The van der Waals surface area contributed by atoms with Crippen LogP contribution < -0.4 is 9.46 Å². The van der Waals surface area contributed by atoms with Crippen molar-refractivity contribution < 1.29 is 23.1 Å². The predicted octanol–water partition coefficient (Wildman–Crippen LogP) is 2.09. The maximum absolute atomic E-state index is 11.6. The number of aromatic carboxylic acids is 1. The monoisotopic (exact) mass is 307 g/mol. The molecule has 6 nitrogen and oxygen atoms in total. The summed E-state index contributed by atoms with van der Waals surface area (Å²) in [6.45, 7) is 0. The van der Waals surface area contributed by atoms with Crippen LogP contribution in [0.2, 0.25) is 0 Å². The van der Waals surface area contributed by atoms with Gasteiger partial charge in [0.2, 0.25) is 10.0 Å². The van der Waals surface area contributed by atoms with Crippen molar-refractivity contribution in [1.29, 1.82) is 0 Å². The molecule has 0 amide bonds. The van der Waals surface area contributed by atoms with Crippen molar-refractivity contribution in [2.24, 2.45) is 0 Å². The van der Waals surface area contributed by atoms with Gasteiger partial charge in [0.15, 0.2) is 0 Å². The van der Waals surface area contributed by atoms with Gasteiger partial charge in [0.05, 0.1) is 4.90 Å². The van der Waals surface area contributed by atoms with Crippen molar-refractivity contribution in [2.75, 3.05) is 7.05 Å². The van der Waals surface area contributed by atoms with Gasteiger partial charge in [0.25, 0.3) is 0 Å². The van der Waals surface area contributed by atoms with Gasteiger partial charge in [-0.1, -0.05) is 12.1 Å². The summed E-state index contributed by atoms with van der Waals surface area (Å²) in [5.74, 6) is -0.562. The van der Waals surface area contributed by atoms with Crippen LogP contribution in [0.1, 0.15) is 10.4 Å². The fourth-order valence-electron chi connectivity index (χ4n) is 1.66. The van der Waals surface area contributed by atoms with Crippen molar-refractivity contribution in [3.05, 3.63) is 54.1 Å². The second kappa shape index (κ2) is 5.94. The predicted molar refractivity (Wildman–Crippen MR) is 76.2 cm³/mol. The maximum atomic E-state index is 11.6. The minimum Gasteiger partial charge on any atom is -0.478 e. The van der Waals surface area contributed by atoms with Crippen molar-refractivity contribution in [3.8, 4) is 11.5 Å². The van der Waals surface area contributed by atoms with E-state index in [1.54, 1.807) is 12.1 Å². The second-order valence-electron chi connectivity index (χ2n) is 4.08. The van der Waals surface area contributed by atoms with Crippen molar-refractivity contribution in [2.45, 2.75) is 4.90 Å². The smallest absolute Gasteiger partial charge is 0.339 e. The third kappa shape index (κ3) is 3.39. The summed E-state index contributed by atoms with van der Waals surface area (Å²) >= 11 is 0. The van der Waals surface area contributed by atoms with Crippen molar-refractivity contribution in [1.82, 2.24) is 4.72 Å². The number of benzene rings is 2. The van der Waals surface area contributed by atoms with Crippen LogP contribution in [0.3, 0.4) is 0 Å². The number of rotatable bonds is 5. The first-order valence-electron chi connectivity index (χ1n) is 5.98. The van der Waals surface area contributed by atoms with Gasteiger partial charge in [0.1, 0.15) is 17.1 Å². The molecule has 0 saturated heterocycles. The molecule has 0 aliphatic heterocycles. The maximum Gasteiger partial charge on any atom is 0.339 e. The van der Waals surface area contributed by atoms with E-state index in [-0.39, 0.29) is 16.2 Å². The molecule has 0 atom stereocenters. The molecule has 2 rings (SSSR count). The number of ether oxygens (including phenoxy) is 1. The minimum absolute atomic E-state index is 0.0319. The lowest BCUT2D eigenvalue weighted by molar-refractivity contribution is 0.0694. The molecule has 0 aromatic heterocycles. The van der Waals surface area contributed by atoms with Crippen LogP contribution in [0, 0.1) is 0 Å². The molecule has 110 valence electrons. The average Bonchev–Trinajstić information content (AvgIpc) is 2.48. The van der Waals surface area contributed by atoms with Crippen LogP contribution >= 0.6 is 0 Å². The number of carbonyl (C=O) groups is 1. The molecule has 0 spiro atoms. The van der Waals surface area contributed by atoms with E-state index in [2.05, 4.69) is 4.72 Å². The average molecular weight is 307 g/mol. The normalized spacial score (nSPS) is 11.1. The second-order valence-corrected chi connectivity index (χ2v) is 5.97. The molecular weight excluding hydrogens is 294 g/mol. The van der Waals surface area contributed by atoms with E-state index >= 15 is 0 Å². The Morgan fingerprint density at radius 1 is 1.10 bits per heavy atom. The van der Waals surface area contributed by atoms with Gasteiger partial charge in [-0.05, 0) is 43.4 Å². The molecule has 2 aromatic carbocycles. The fourth-order valence-corrected chi connectivity index (χ4v) is 2.39. The van der Waals surface area contributed by atoms with E-state index in [9.17, 15) is 13.2 Å². The highest BCUT2D eigenvalue weighted by Gasteiger charge is 2.13. The number of sulfonamides is 1. The summed E-state index contributed by atoms with van der Waals surface area (Å²) in [6.07, 6.45) is 0. The Morgan fingerprint density at radius 2 is 1.71 bits per heavy atom. The zero-order chi connectivity index (χ0) is 15.5. The first-order chi connectivity index (χ1) is 9.94. The summed E-state index contributed by atoms with van der Waals surface area (Å²) in [5, 5.41) is 9.06. The van der Waals surface area contributed by atoms with Crippen LogP contribution in [0.4, 0.5) is 0 Å². The number of carboxylic acids is 1. The Kier molecular flexibility index (Phi) is 4.25. The number of carboxylic acid groups (broad SMARTS) is 1. The number of hydrogen-bond acceptors (Lipinski definition) is 4. The van der Waals surface area contributed by atoms with Gasteiger partial charge in [0, 0.05) is 0 Å². The molecule has 21 heavy (non-hydrogen) atoms. The lowest BCUT2D eigenvalue weighted by Gasteiger charge is -2.09. The number of nitrogens with one attached hydrogen (secondary N) is 1. The Bertz CT molecular complexity index is 753. The summed E-state index contributed by atoms with van der Waals surface area (Å²) in [5.41, 5.74) is 0.0319. The lowest BCUT2D eigenvalue weighted by atomic mass is 10.2. The Labute approximate surface area is 122 Å². The molecule has 0 aliphatic rings. The van der Waals surface area contributed by atoms with Gasteiger partial charge in [-0.25, -0.2) is 17.9 Å². The first kappa shape index (κ1) is 15.0. The quantitative estimate of drug-likeness (QED) is 0.882. The topological polar surface area (TPSA) is 92.7 Å². The zero-order valence-electron chi connectivity index (χ0n) is 11.1. The first-order valence-corrected chi connectivity index (χ1v) is 7.46. The van der Waals surface area contributed by atoms with Gasteiger partial charge in [-0.15, -0.1) is 0 Å². The molecule has 2 N–H and O–H groups in total. The lowest BCUT2D eigenvalue weighted by Crippen LogP contribution is -2.18. The van der Waals surface area contributed by atoms with Crippen LogP contribution in [-0.4, -0.2) is 26.5 Å². The fraction of sp³-hybridized carbons (Fsp3) is 0.0714. The molecule has 0 aliphatic carbocycles. The molecule has 0 unspecified atom stereocenters. The molecule has 7 heteroatoms. The molecule has 0 fully saturated rings. The third-order valence-corrected chi connectivity index (χ3v) is 4.18. The van der Waals surface area contributed by atoms with E-state index < -0.39 is 16.0 Å². The van der Waals surface area contributed by atoms with E-state index in [0.717, 1.165) is 0 Å². The van der Waals surface area contributed by atoms with Crippen molar-refractivity contribution in [3.63, 3.8) is 0 Å². The Hall–Kier alpha value is -2.38. The van der Waals surface area contributed by atoms with Crippen LogP contribution in [-0.2, 0) is 10.0 Å². The van der Waals surface area contributed by atoms with E-state index in [0.29, 0.717) is 5.75 Å². The van der Waals surface area contributed by atoms with Crippen LogP contribution in [0.25, 0.3) is 0 Å². The summed E-state index contributed by atoms with van der Waals surface area (Å²) in [4.78, 5) is 11.2. The SMILES string of the molecule is CNS(=O)(=O)c1ccc(Oc2ccccc2C(=O)O)cc1. The third-order valence-electron chi connectivity index (χ3n) is 2.75. The summed E-state index contributed by atoms with van der Waals surface area (Å²) in [7, 11) is -2.19. The molecule has 0 bridgehead atoms. The van der Waals surface area contributed by atoms with Crippen LogP contribution in [0.15, 0.2) is 53.4 Å². The highest BCUT2D eigenvalue weighted by atomic mass is 32.2. The van der Waals surface area contributed by atoms with Gasteiger partial charge in [-0.3, -0.25) is 0 Å². The zero-order valence-corrected chi connectivity index (χ0v) is 11.9. The van der Waals surface area contributed by atoms with Gasteiger partial charge < -0.3 is 9.84 Å². The van der Waals surface area contributed by atoms with E-state index in [1.165, 1.54) is 43.4 Å². The number of para-hydroxylation sites is 1. The van der Waals surface area contributed by atoms with Gasteiger partial charge >= 0.3 is 5.97 Å². The van der Waals surface area contributed by atoms with Crippen molar-refractivity contribution >= 4 is 16.0 Å². The Balaban J connectivity index is 2.28. The molecule has 0 radical (unpaired) electrons. The largest absolute Gasteiger partial charge is 0.478 e. The number of hydrogen-bond donors (Lipinski definition) is 2. The Morgan fingerprint density at radius 3 is 2.29 bits per heavy atom. The van der Waals surface area contributed by atoms with Gasteiger partial charge in [-0.2, -0.15) is 0 Å². The highest BCUT2D eigenvalue weighted by Crippen LogP contribution is 2.26. The van der Waals surface area contributed by atoms with E-state index in [1.807, 2.05) is 0 Å². The highest BCUT2D eigenvalue weighted by molar-refractivity contribution is 7.89. The summed E-state index contributed by atoms with van der Waals surface area (Å²) in [6, 6.07) is 11.9. The van der Waals surface area contributed by atoms with E-state index in [4.69, 9.17) is 9.84 Å². The molecular formula is C14H13NO5S. The molecule has 0 saturated carbocycles. The summed E-state index contributed by atoms with van der Waals surface area (Å²) < 4.78 is 30.8. The minimum atomic E-state index is -3.51.